The van der Waals surface area contributed by atoms with Crippen molar-refractivity contribution in [2.75, 3.05) is 6.54 Å². The molecule has 1 aromatic heterocycles. The number of aliphatic hydroxyl groups is 1. The van der Waals surface area contributed by atoms with Crippen molar-refractivity contribution >= 4 is 10.0 Å². The maximum atomic E-state index is 12.5. The number of hydrogen-bond acceptors (Lipinski definition) is 4. The predicted octanol–water partition coefficient (Wildman–Crippen LogP) is 0.774. The fraction of sp³-hybridized carbons (Fsp3) is 0.727. The van der Waals surface area contributed by atoms with Crippen LogP contribution < -0.4 is 0 Å². The Kier molecular flexibility index (Phi) is 3.74. The second-order valence-corrected chi connectivity index (χ2v) is 6.56. The molecule has 0 bridgehead atoms. The number of aromatic nitrogens is 2. The summed E-state index contributed by atoms with van der Waals surface area (Å²) in [7, 11) is -3.60. The fourth-order valence-electron chi connectivity index (χ4n) is 2.37. The van der Waals surface area contributed by atoms with Crippen molar-refractivity contribution in [3.05, 3.63) is 11.3 Å². The van der Waals surface area contributed by atoms with Crippen LogP contribution in [-0.2, 0) is 16.6 Å². The van der Waals surface area contributed by atoms with Gasteiger partial charge in [-0.3, -0.25) is 5.10 Å². The van der Waals surface area contributed by atoms with Crippen LogP contribution in [0.2, 0.25) is 0 Å². The van der Waals surface area contributed by atoms with Gasteiger partial charge in [-0.05, 0) is 26.7 Å². The van der Waals surface area contributed by atoms with Gasteiger partial charge in [0.05, 0.1) is 6.61 Å². The van der Waals surface area contributed by atoms with E-state index in [1.807, 2.05) is 6.92 Å². The van der Waals surface area contributed by atoms with E-state index in [-0.39, 0.29) is 17.7 Å². The first-order chi connectivity index (χ1) is 8.48. The normalized spacial score (nSPS) is 22.3. The lowest BCUT2D eigenvalue weighted by molar-refractivity contribution is 0.263. The Bertz CT molecular complexity index is 524. The van der Waals surface area contributed by atoms with Crippen molar-refractivity contribution in [3.8, 4) is 0 Å². The molecule has 1 aromatic rings. The molecule has 1 aliphatic heterocycles. The quantitative estimate of drug-likeness (QED) is 0.852. The SMILES string of the molecule is Cc1[nH]nc(S(=O)(=O)N2CCCCC2C)c1CO. The molecule has 1 unspecified atom stereocenters. The van der Waals surface area contributed by atoms with Crippen LogP contribution in [0.1, 0.15) is 37.4 Å². The average molecular weight is 273 g/mol. The number of H-pyrrole nitrogens is 1. The second-order valence-electron chi connectivity index (χ2n) is 4.75. The van der Waals surface area contributed by atoms with E-state index >= 15 is 0 Å². The van der Waals surface area contributed by atoms with Gasteiger partial charge in [0.2, 0.25) is 0 Å². The largest absolute Gasteiger partial charge is 0.392 e. The average Bonchev–Trinajstić information content (AvgIpc) is 2.71. The standard InChI is InChI=1S/C11H19N3O3S/c1-8-5-3-4-6-14(8)18(16,17)11-10(7-15)9(2)12-13-11/h8,15H,3-7H2,1-2H3,(H,12,13). The van der Waals surface area contributed by atoms with E-state index in [9.17, 15) is 13.5 Å². The summed E-state index contributed by atoms with van der Waals surface area (Å²) >= 11 is 0. The number of nitrogens with one attached hydrogen (secondary N) is 1. The number of piperidine rings is 1. The van der Waals surface area contributed by atoms with Gasteiger partial charge in [0.15, 0.2) is 5.03 Å². The molecule has 2 N–H and O–H groups in total. The van der Waals surface area contributed by atoms with Crippen LogP contribution in [0, 0.1) is 6.92 Å². The zero-order valence-electron chi connectivity index (χ0n) is 10.7. The van der Waals surface area contributed by atoms with Crippen LogP contribution >= 0.6 is 0 Å². The van der Waals surface area contributed by atoms with Gasteiger partial charge >= 0.3 is 0 Å². The summed E-state index contributed by atoms with van der Waals surface area (Å²) in [5.41, 5.74) is 0.966. The molecule has 102 valence electrons. The number of nitrogens with zero attached hydrogens (tertiary/aromatic N) is 2. The van der Waals surface area contributed by atoms with Crippen molar-refractivity contribution in [1.29, 1.82) is 0 Å². The van der Waals surface area contributed by atoms with E-state index in [1.165, 1.54) is 4.31 Å². The van der Waals surface area contributed by atoms with Crippen LogP contribution in [0.5, 0.6) is 0 Å². The summed E-state index contributed by atoms with van der Waals surface area (Å²) in [4.78, 5) is 0. The van der Waals surface area contributed by atoms with Crippen LogP contribution in [0.25, 0.3) is 0 Å². The minimum atomic E-state index is -3.60. The van der Waals surface area contributed by atoms with Crippen molar-refractivity contribution in [1.82, 2.24) is 14.5 Å². The van der Waals surface area contributed by atoms with Gasteiger partial charge < -0.3 is 5.11 Å². The summed E-state index contributed by atoms with van der Waals surface area (Å²) in [6, 6.07) is -0.00713. The molecular weight excluding hydrogens is 254 g/mol. The van der Waals surface area contributed by atoms with E-state index in [0.29, 0.717) is 17.8 Å². The molecule has 1 aliphatic rings. The number of hydrogen-bond donors (Lipinski definition) is 2. The summed E-state index contributed by atoms with van der Waals surface area (Å²) in [5, 5.41) is 15.7. The van der Waals surface area contributed by atoms with E-state index < -0.39 is 10.0 Å². The van der Waals surface area contributed by atoms with Gasteiger partial charge in [-0.25, -0.2) is 8.42 Å². The summed E-state index contributed by atoms with van der Waals surface area (Å²) in [6.07, 6.45) is 2.80. The zero-order valence-corrected chi connectivity index (χ0v) is 11.5. The van der Waals surface area contributed by atoms with Crippen LogP contribution in [0.15, 0.2) is 5.03 Å². The summed E-state index contributed by atoms with van der Waals surface area (Å²) in [6.45, 7) is 3.82. The van der Waals surface area contributed by atoms with Crippen LogP contribution in [-0.4, -0.2) is 40.6 Å². The van der Waals surface area contributed by atoms with Crippen molar-refractivity contribution in [2.24, 2.45) is 0 Å². The second kappa shape index (κ2) is 4.99. The van der Waals surface area contributed by atoms with Crippen molar-refractivity contribution in [2.45, 2.75) is 50.8 Å². The molecule has 0 aromatic carbocycles. The third-order valence-electron chi connectivity index (χ3n) is 3.49. The van der Waals surface area contributed by atoms with Gasteiger partial charge in [0.1, 0.15) is 0 Å². The van der Waals surface area contributed by atoms with Crippen LogP contribution in [0.3, 0.4) is 0 Å². The lowest BCUT2D eigenvalue weighted by Gasteiger charge is -2.31. The van der Waals surface area contributed by atoms with Gasteiger partial charge in [-0.1, -0.05) is 6.42 Å². The zero-order chi connectivity index (χ0) is 13.3. The molecule has 0 aliphatic carbocycles. The van der Waals surface area contributed by atoms with Crippen LogP contribution in [0.4, 0.5) is 0 Å². The number of aromatic amines is 1. The minimum Gasteiger partial charge on any atom is -0.392 e. The molecule has 0 spiro atoms. The first kappa shape index (κ1) is 13.5. The molecule has 0 amide bonds. The smallest absolute Gasteiger partial charge is 0.262 e. The van der Waals surface area contributed by atoms with E-state index in [1.54, 1.807) is 6.92 Å². The molecule has 2 heterocycles. The Morgan fingerprint density at radius 2 is 2.22 bits per heavy atom. The topological polar surface area (TPSA) is 86.3 Å². The van der Waals surface area contributed by atoms with Gasteiger partial charge in [0, 0.05) is 23.8 Å². The van der Waals surface area contributed by atoms with Crippen molar-refractivity contribution < 1.29 is 13.5 Å². The highest BCUT2D eigenvalue weighted by atomic mass is 32.2. The predicted molar refractivity (Wildman–Crippen MR) is 66.5 cm³/mol. The molecule has 2 rings (SSSR count). The monoisotopic (exact) mass is 273 g/mol. The molecule has 7 heteroatoms. The summed E-state index contributed by atoms with van der Waals surface area (Å²) < 4.78 is 26.5. The first-order valence-electron chi connectivity index (χ1n) is 6.15. The number of sulfonamides is 1. The summed E-state index contributed by atoms with van der Waals surface area (Å²) in [5.74, 6) is 0. The van der Waals surface area contributed by atoms with E-state index in [2.05, 4.69) is 10.2 Å². The molecule has 1 saturated heterocycles. The van der Waals surface area contributed by atoms with Crippen molar-refractivity contribution in [3.63, 3.8) is 0 Å². The highest BCUT2D eigenvalue weighted by molar-refractivity contribution is 7.89. The molecular formula is C11H19N3O3S. The highest BCUT2D eigenvalue weighted by Gasteiger charge is 2.34. The molecule has 0 saturated carbocycles. The third-order valence-corrected chi connectivity index (χ3v) is 5.48. The Morgan fingerprint density at radius 1 is 1.50 bits per heavy atom. The Morgan fingerprint density at radius 3 is 2.83 bits per heavy atom. The lowest BCUT2D eigenvalue weighted by Crippen LogP contribution is -2.42. The van der Waals surface area contributed by atoms with E-state index in [4.69, 9.17) is 0 Å². The maximum absolute atomic E-state index is 12.5. The number of aryl methyl sites for hydroxylation is 1. The Balaban J connectivity index is 2.41. The highest BCUT2D eigenvalue weighted by Crippen LogP contribution is 2.26. The molecule has 6 nitrogen and oxygen atoms in total. The van der Waals surface area contributed by atoms with Gasteiger partial charge in [0.25, 0.3) is 10.0 Å². The minimum absolute atomic E-state index is 0.00713. The Labute approximate surface area is 107 Å². The maximum Gasteiger partial charge on any atom is 0.262 e. The molecule has 18 heavy (non-hydrogen) atoms. The Hall–Kier alpha value is -0.920. The lowest BCUT2D eigenvalue weighted by atomic mass is 10.1. The molecule has 0 radical (unpaired) electrons. The fourth-order valence-corrected chi connectivity index (χ4v) is 4.23. The molecule has 1 fully saturated rings. The number of aliphatic hydroxyl groups excluding tert-OH is 1. The number of rotatable bonds is 3. The first-order valence-corrected chi connectivity index (χ1v) is 7.59. The van der Waals surface area contributed by atoms with Gasteiger partial charge in [-0.2, -0.15) is 9.40 Å². The van der Waals surface area contributed by atoms with Gasteiger partial charge in [-0.15, -0.1) is 0 Å². The molecule has 1 atom stereocenters. The third kappa shape index (κ3) is 2.17. The van der Waals surface area contributed by atoms with E-state index in [0.717, 1.165) is 19.3 Å².